The van der Waals surface area contributed by atoms with Crippen LogP contribution in [-0.4, -0.2) is 15.7 Å². The maximum Gasteiger partial charge on any atom is 0.276 e. The lowest BCUT2D eigenvalue weighted by atomic mass is 10.2. The Kier molecular flexibility index (Phi) is 4.52. The fourth-order valence-corrected chi connectivity index (χ4v) is 2.40. The van der Waals surface area contributed by atoms with Crippen LogP contribution in [-0.2, 0) is 6.54 Å². The predicted molar refractivity (Wildman–Crippen MR) is 92.2 cm³/mol. The number of aromatic nitrogens is 2. The Balaban J connectivity index is 1.87. The van der Waals surface area contributed by atoms with E-state index in [4.69, 9.17) is 0 Å². The molecule has 1 N–H and O–H groups in total. The van der Waals surface area contributed by atoms with Gasteiger partial charge < -0.3 is 5.32 Å². The van der Waals surface area contributed by atoms with Gasteiger partial charge in [-0.15, -0.1) is 0 Å². The third-order valence-electron chi connectivity index (χ3n) is 3.62. The first kappa shape index (κ1) is 15.7. The highest BCUT2D eigenvalue weighted by Gasteiger charge is 2.15. The van der Waals surface area contributed by atoms with E-state index in [2.05, 4.69) is 10.4 Å². The summed E-state index contributed by atoms with van der Waals surface area (Å²) in [6, 6.07) is 20.3. The molecule has 24 heavy (non-hydrogen) atoms. The van der Waals surface area contributed by atoms with Gasteiger partial charge in [-0.05, 0) is 24.6 Å². The van der Waals surface area contributed by atoms with Crippen molar-refractivity contribution in [3.05, 3.63) is 93.9 Å². The van der Waals surface area contributed by atoms with E-state index in [1.54, 1.807) is 11.6 Å². The molecule has 0 unspecified atom stereocenters. The molecule has 3 aromatic rings. The van der Waals surface area contributed by atoms with Crippen LogP contribution in [0.5, 0.6) is 0 Å². The van der Waals surface area contributed by atoms with Crippen LogP contribution in [0.2, 0.25) is 0 Å². The van der Waals surface area contributed by atoms with Gasteiger partial charge in [-0.1, -0.05) is 48.5 Å². The van der Waals surface area contributed by atoms with Gasteiger partial charge in [0.05, 0.1) is 5.69 Å². The topological polar surface area (TPSA) is 64.0 Å². The first-order valence-electron chi connectivity index (χ1n) is 7.63. The SMILES string of the molecule is Cc1cc(=O)c(C(=O)NCc2ccccc2)nn1-c1ccccc1. The van der Waals surface area contributed by atoms with Crippen LogP contribution in [0.25, 0.3) is 5.69 Å². The number of para-hydroxylation sites is 1. The van der Waals surface area contributed by atoms with Crippen molar-refractivity contribution in [2.75, 3.05) is 0 Å². The summed E-state index contributed by atoms with van der Waals surface area (Å²) in [5, 5.41) is 6.99. The van der Waals surface area contributed by atoms with Crippen molar-refractivity contribution < 1.29 is 4.79 Å². The minimum absolute atomic E-state index is 0.111. The summed E-state index contributed by atoms with van der Waals surface area (Å²) in [5.41, 5.74) is 1.94. The standard InChI is InChI=1S/C19H17N3O2/c1-14-12-17(23)18(21-22(14)16-10-6-3-7-11-16)19(24)20-13-15-8-4-2-5-9-15/h2-12H,13H2,1H3,(H,20,24). The van der Waals surface area contributed by atoms with Gasteiger partial charge in [0.25, 0.3) is 5.91 Å². The molecule has 2 aromatic carbocycles. The molecular weight excluding hydrogens is 302 g/mol. The van der Waals surface area contributed by atoms with Crippen molar-refractivity contribution in [3.8, 4) is 5.69 Å². The van der Waals surface area contributed by atoms with E-state index in [0.29, 0.717) is 12.2 Å². The molecule has 0 aliphatic rings. The summed E-state index contributed by atoms with van der Waals surface area (Å²) in [4.78, 5) is 24.5. The third kappa shape index (κ3) is 3.41. The first-order valence-corrected chi connectivity index (χ1v) is 7.63. The molecule has 0 spiro atoms. The lowest BCUT2D eigenvalue weighted by Gasteiger charge is -2.11. The van der Waals surface area contributed by atoms with Crippen LogP contribution in [0, 0.1) is 6.92 Å². The van der Waals surface area contributed by atoms with Crippen LogP contribution >= 0.6 is 0 Å². The van der Waals surface area contributed by atoms with Gasteiger partial charge in [0.2, 0.25) is 5.43 Å². The van der Waals surface area contributed by atoms with Gasteiger partial charge in [0.15, 0.2) is 5.69 Å². The average molecular weight is 319 g/mol. The zero-order valence-corrected chi connectivity index (χ0v) is 13.3. The van der Waals surface area contributed by atoms with E-state index in [9.17, 15) is 9.59 Å². The van der Waals surface area contributed by atoms with Gasteiger partial charge in [-0.3, -0.25) is 9.59 Å². The molecular formula is C19H17N3O2. The normalized spacial score (nSPS) is 10.4. The van der Waals surface area contributed by atoms with Crippen LogP contribution in [0.3, 0.4) is 0 Å². The second-order valence-electron chi connectivity index (χ2n) is 5.41. The van der Waals surface area contributed by atoms with Gasteiger partial charge in [0.1, 0.15) is 0 Å². The number of carbonyl (C=O) groups is 1. The Bertz CT molecular complexity index is 903. The van der Waals surface area contributed by atoms with Crippen molar-refractivity contribution in [1.82, 2.24) is 15.1 Å². The highest BCUT2D eigenvalue weighted by molar-refractivity contribution is 5.92. The fraction of sp³-hybridized carbons (Fsp3) is 0.105. The Morgan fingerprint density at radius 2 is 1.67 bits per heavy atom. The summed E-state index contributed by atoms with van der Waals surface area (Å²) in [7, 11) is 0. The summed E-state index contributed by atoms with van der Waals surface area (Å²) < 4.78 is 1.60. The highest BCUT2D eigenvalue weighted by atomic mass is 16.2. The lowest BCUT2D eigenvalue weighted by molar-refractivity contribution is 0.0943. The maximum atomic E-state index is 12.3. The van der Waals surface area contributed by atoms with Crippen molar-refractivity contribution in [2.24, 2.45) is 0 Å². The minimum Gasteiger partial charge on any atom is -0.346 e. The van der Waals surface area contributed by atoms with Crippen molar-refractivity contribution >= 4 is 5.91 Å². The minimum atomic E-state index is -0.478. The molecule has 5 nitrogen and oxygen atoms in total. The molecule has 0 radical (unpaired) electrons. The van der Waals surface area contributed by atoms with E-state index in [1.165, 1.54) is 6.07 Å². The number of nitrogens with one attached hydrogen (secondary N) is 1. The Morgan fingerprint density at radius 1 is 1.04 bits per heavy atom. The number of amides is 1. The number of hydrogen-bond acceptors (Lipinski definition) is 3. The summed E-state index contributed by atoms with van der Waals surface area (Å²) in [6.07, 6.45) is 0. The average Bonchev–Trinajstić information content (AvgIpc) is 2.61. The quantitative estimate of drug-likeness (QED) is 0.803. The van der Waals surface area contributed by atoms with E-state index < -0.39 is 5.91 Å². The Labute approximate surface area is 139 Å². The molecule has 120 valence electrons. The third-order valence-corrected chi connectivity index (χ3v) is 3.62. The molecule has 3 rings (SSSR count). The second-order valence-corrected chi connectivity index (χ2v) is 5.41. The van der Waals surface area contributed by atoms with E-state index in [0.717, 1.165) is 11.3 Å². The summed E-state index contributed by atoms with van der Waals surface area (Å²) >= 11 is 0. The molecule has 0 saturated heterocycles. The number of carbonyl (C=O) groups excluding carboxylic acids is 1. The molecule has 0 aliphatic carbocycles. The second kappa shape index (κ2) is 6.91. The fourth-order valence-electron chi connectivity index (χ4n) is 2.40. The molecule has 0 aliphatic heterocycles. The number of hydrogen-bond donors (Lipinski definition) is 1. The number of aryl methyl sites for hydroxylation is 1. The Morgan fingerprint density at radius 3 is 2.33 bits per heavy atom. The van der Waals surface area contributed by atoms with Crippen molar-refractivity contribution in [1.29, 1.82) is 0 Å². The van der Waals surface area contributed by atoms with Crippen LogP contribution in [0.1, 0.15) is 21.7 Å². The largest absolute Gasteiger partial charge is 0.346 e. The maximum absolute atomic E-state index is 12.3. The summed E-state index contributed by atoms with van der Waals surface area (Å²) in [5.74, 6) is -0.478. The molecule has 0 bridgehead atoms. The monoisotopic (exact) mass is 319 g/mol. The zero-order chi connectivity index (χ0) is 16.9. The molecule has 1 aromatic heterocycles. The molecule has 1 heterocycles. The predicted octanol–water partition coefficient (Wildman–Crippen LogP) is 2.47. The van der Waals surface area contributed by atoms with E-state index >= 15 is 0 Å². The number of nitrogens with zero attached hydrogens (tertiary/aromatic N) is 2. The van der Waals surface area contributed by atoms with Crippen LogP contribution in [0.15, 0.2) is 71.5 Å². The molecule has 0 fully saturated rings. The van der Waals surface area contributed by atoms with E-state index in [1.807, 2.05) is 60.7 Å². The number of benzene rings is 2. The van der Waals surface area contributed by atoms with Gasteiger partial charge >= 0.3 is 0 Å². The smallest absolute Gasteiger partial charge is 0.276 e. The van der Waals surface area contributed by atoms with Crippen molar-refractivity contribution in [2.45, 2.75) is 13.5 Å². The van der Waals surface area contributed by atoms with Crippen LogP contribution in [0.4, 0.5) is 0 Å². The molecule has 5 heteroatoms. The first-order chi connectivity index (χ1) is 11.6. The number of rotatable bonds is 4. The molecule has 1 amide bonds. The van der Waals surface area contributed by atoms with E-state index in [-0.39, 0.29) is 11.1 Å². The zero-order valence-electron chi connectivity index (χ0n) is 13.3. The summed E-state index contributed by atoms with van der Waals surface area (Å²) in [6.45, 7) is 2.13. The van der Waals surface area contributed by atoms with Gasteiger partial charge in [-0.25, -0.2) is 4.68 Å². The molecule has 0 saturated carbocycles. The van der Waals surface area contributed by atoms with Crippen LogP contribution < -0.4 is 10.7 Å². The van der Waals surface area contributed by atoms with Crippen molar-refractivity contribution in [3.63, 3.8) is 0 Å². The van der Waals surface area contributed by atoms with Gasteiger partial charge in [-0.2, -0.15) is 5.10 Å². The molecule has 0 atom stereocenters. The van der Waals surface area contributed by atoms with Gasteiger partial charge in [0, 0.05) is 18.3 Å². The Hall–Kier alpha value is -3.21. The highest BCUT2D eigenvalue weighted by Crippen LogP contribution is 2.08. The lowest BCUT2D eigenvalue weighted by Crippen LogP contribution is -2.31.